The van der Waals surface area contributed by atoms with Crippen LogP contribution >= 0.6 is 11.3 Å². The summed E-state index contributed by atoms with van der Waals surface area (Å²) >= 11 is 1.49. The van der Waals surface area contributed by atoms with E-state index in [1.165, 1.54) is 17.6 Å². The van der Waals surface area contributed by atoms with Gasteiger partial charge in [-0.2, -0.15) is 5.10 Å². The Morgan fingerprint density at radius 3 is 2.92 bits per heavy atom. The highest BCUT2D eigenvalue weighted by Crippen LogP contribution is 2.03. The number of nitrogens with zero attached hydrogens (tertiary/aromatic N) is 1. The molecule has 1 aromatic rings. The molecule has 0 aromatic carbocycles. The van der Waals surface area contributed by atoms with E-state index in [0.29, 0.717) is 0 Å². The molecule has 1 aromatic heterocycles. The van der Waals surface area contributed by atoms with Crippen molar-refractivity contribution in [2.75, 3.05) is 6.26 Å². The van der Waals surface area contributed by atoms with E-state index in [9.17, 15) is 8.42 Å². The second-order valence-corrected chi connectivity index (χ2v) is 4.84. The molecule has 0 unspecified atom stereocenters. The molecule has 0 saturated carbocycles. The highest BCUT2D eigenvalue weighted by Gasteiger charge is 1.94. The lowest BCUT2D eigenvalue weighted by Gasteiger charge is -1.92. The zero-order chi connectivity index (χ0) is 9.03. The lowest BCUT2D eigenvalue weighted by atomic mass is 10.5. The molecule has 1 heterocycles. The number of hydrogen-bond donors (Lipinski definition) is 1. The second kappa shape index (κ2) is 3.68. The molecule has 12 heavy (non-hydrogen) atoms. The summed E-state index contributed by atoms with van der Waals surface area (Å²) in [7, 11) is -3.22. The number of rotatable bonds is 3. The molecule has 0 saturated heterocycles. The van der Waals surface area contributed by atoms with Gasteiger partial charge in [0.1, 0.15) is 0 Å². The first kappa shape index (κ1) is 9.21. The predicted molar refractivity (Wildman–Crippen MR) is 49.9 cm³/mol. The molecular weight excluding hydrogens is 196 g/mol. The quantitative estimate of drug-likeness (QED) is 0.580. The van der Waals surface area contributed by atoms with E-state index in [-0.39, 0.29) is 0 Å². The molecule has 0 aliphatic heterocycles. The summed E-state index contributed by atoms with van der Waals surface area (Å²) < 4.78 is 21.1. The Morgan fingerprint density at radius 2 is 2.42 bits per heavy atom. The molecule has 0 spiro atoms. The third kappa shape index (κ3) is 3.49. The Kier molecular flexibility index (Phi) is 2.83. The average molecular weight is 204 g/mol. The van der Waals surface area contributed by atoms with Crippen LogP contribution in [0, 0.1) is 0 Å². The Hall–Kier alpha value is -0.880. The molecule has 4 nitrogen and oxygen atoms in total. The van der Waals surface area contributed by atoms with E-state index in [1.54, 1.807) is 0 Å². The van der Waals surface area contributed by atoms with Crippen LogP contribution in [0.25, 0.3) is 0 Å². The van der Waals surface area contributed by atoms with E-state index in [2.05, 4.69) is 5.10 Å². The Labute approximate surface area is 75.0 Å². The second-order valence-electron chi connectivity index (χ2n) is 2.14. The van der Waals surface area contributed by atoms with Gasteiger partial charge in [0, 0.05) is 4.88 Å². The molecule has 0 atom stereocenters. The van der Waals surface area contributed by atoms with Crippen LogP contribution in [0.3, 0.4) is 0 Å². The van der Waals surface area contributed by atoms with E-state index in [4.69, 9.17) is 0 Å². The standard InChI is InChI=1S/C6H8N2O2S2/c1-12(9,10)8-7-5-6-3-2-4-11-6/h2-5,8H,1H3/b7-5+. The molecular formula is C6H8N2O2S2. The minimum atomic E-state index is -3.22. The van der Waals surface area contributed by atoms with Gasteiger partial charge in [-0.05, 0) is 11.4 Å². The van der Waals surface area contributed by atoms with Crippen molar-refractivity contribution in [1.82, 2.24) is 4.83 Å². The fourth-order valence-electron chi connectivity index (χ4n) is 0.550. The van der Waals surface area contributed by atoms with Crippen LogP contribution in [-0.4, -0.2) is 20.9 Å². The van der Waals surface area contributed by atoms with Crippen molar-refractivity contribution in [2.45, 2.75) is 0 Å². The van der Waals surface area contributed by atoms with Gasteiger partial charge in [0.25, 0.3) is 0 Å². The number of hydrogen-bond acceptors (Lipinski definition) is 4. The summed E-state index contributed by atoms with van der Waals surface area (Å²) in [6.45, 7) is 0. The van der Waals surface area contributed by atoms with Crippen molar-refractivity contribution in [3.63, 3.8) is 0 Å². The summed E-state index contributed by atoms with van der Waals surface area (Å²) in [6, 6.07) is 3.71. The zero-order valence-corrected chi connectivity index (χ0v) is 8.02. The Morgan fingerprint density at radius 1 is 1.67 bits per heavy atom. The van der Waals surface area contributed by atoms with Crippen molar-refractivity contribution in [1.29, 1.82) is 0 Å². The largest absolute Gasteiger partial charge is 0.244 e. The maximum atomic E-state index is 10.5. The van der Waals surface area contributed by atoms with Gasteiger partial charge in [0.05, 0.1) is 12.5 Å². The number of hydrazone groups is 1. The highest BCUT2D eigenvalue weighted by atomic mass is 32.2. The van der Waals surface area contributed by atoms with Crippen molar-refractivity contribution < 1.29 is 8.42 Å². The van der Waals surface area contributed by atoms with Gasteiger partial charge in [-0.25, -0.2) is 13.2 Å². The topological polar surface area (TPSA) is 58.5 Å². The van der Waals surface area contributed by atoms with E-state index < -0.39 is 10.0 Å². The van der Waals surface area contributed by atoms with Gasteiger partial charge in [0.15, 0.2) is 0 Å². The molecule has 1 N–H and O–H groups in total. The Bertz CT molecular complexity index is 353. The van der Waals surface area contributed by atoms with Crippen molar-refractivity contribution in [2.24, 2.45) is 5.10 Å². The fraction of sp³-hybridized carbons (Fsp3) is 0.167. The van der Waals surface area contributed by atoms with E-state index in [0.717, 1.165) is 11.1 Å². The van der Waals surface area contributed by atoms with Crippen LogP contribution in [0.1, 0.15) is 4.88 Å². The SMILES string of the molecule is CS(=O)(=O)N/N=C/c1cccs1. The van der Waals surface area contributed by atoms with Crippen molar-refractivity contribution in [3.05, 3.63) is 22.4 Å². The predicted octanol–water partition coefficient (Wildman–Crippen LogP) is 0.631. The summed E-state index contributed by atoms with van der Waals surface area (Å²) in [4.78, 5) is 2.92. The lowest BCUT2D eigenvalue weighted by Crippen LogP contribution is -2.15. The molecule has 0 radical (unpaired) electrons. The summed E-state index contributed by atoms with van der Waals surface area (Å²) in [5, 5.41) is 5.42. The average Bonchev–Trinajstić information content (AvgIpc) is 2.36. The van der Waals surface area contributed by atoms with Crippen LogP contribution < -0.4 is 4.83 Å². The third-order valence-corrected chi connectivity index (χ3v) is 2.20. The maximum Gasteiger partial charge on any atom is 0.244 e. The van der Waals surface area contributed by atoms with Gasteiger partial charge < -0.3 is 0 Å². The normalized spacial score (nSPS) is 12.1. The highest BCUT2D eigenvalue weighted by molar-refractivity contribution is 7.88. The van der Waals surface area contributed by atoms with Crippen LogP contribution in [0.4, 0.5) is 0 Å². The minimum absolute atomic E-state index is 0.908. The first-order valence-electron chi connectivity index (χ1n) is 3.11. The Balaban J connectivity index is 2.54. The molecule has 6 heteroatoms. The zero-order valence-electron chi connectivity index (χ0n) is 6.39. The fourth-order valence-corrected chi connectivity index (χ4v) is 1.38. The van der Waals surface area contributed by atoms with Crippen LogP contribution in [0.15, 0.2) is 22.6 Å². The smallest absolute Gasteiger partial charge is 0.206 e. The molecule has 0 bridgehead atoms. The van der Waals surface area contributed by atoms with E-state index in [1.807, 2.05) is 22.3 Å². The molecule has 0 aliphatic rings. The van der Waals surface area contributed by atoms with Gasteiger partial charge in [-0.3, -0.25) is 0 Å². The molecule has 0 amide bonds. The lowest BCUT2D eigenvalue weighted by molar-refractivity contribution is 0.591. The summed E-state index contributed by atoms with van der Waals surface area (Å²) in [6.07, 6.45) is 2.52. The van der Waals surface area contributed by atoms with Gasteiger partial charge >= 0.3 is 0 Å². The molecule has 0 aliphatic carbocycles. The first-order chi connectivity index (χ1) is 5.58. The maximum absolute atomic E-state index is 10.5. The molecule has 0 fully saturated rings. The first-order valence-corrected chi connectivity index (χ1v) is 5.88. The summed E-state index contributed by atoms with van der Waals surface area (Å²) in [5.74, 6) is 0. The minimum Gasteiger partial charge on any atom is -0.206 e. The summed E-state index contributed by atoms with van der Waals surface area (Å²) in [5.41, 5.74) is 0. The molecule has 1 rings (SSSR count). The monoisotopic (exact) mass is 204 g/mol. The van der Waals surface area contributed by atoms with Gasteiger partial charge in [-0.1, -0.05) is 6.07 Å². The number of nitrogens with one attached hydrogen (secondary N) is 1. The van der Waals surface area contributed by atoms with Crippen LogP contribution in [0.2, 0.25) is 0 Å². The number of thiophene rings is 1. The van der Waals surface area contributed by atoms with Gasteiger partial charge in [0.2, 0.25) is 10.0 Å². The third-order valence-electron chi connectivity index (χ3n) is 0.954. The van der Waals surface area contributed by atoms with Crippen molar-refractivity contribution >= 4 is 27.6 Å². The van der Waals surface area contributed by atoms with E-state index >= 15 is 0 Å². The van der Waals surface area contributed by atoms with Crippen LogP contribution in [0.5, 0.6) is 0 Å². The van der Waals surface area contributed by atoms with Crippen LogP contribution in [-0.2, 0) is 10.0 Å². The van der Waals surface area contributed by atoms with Crippen molar-refractivity contribution in [3.8, 4) is 0 Å². The number of sulfonamides is 1. The van der Waals surface area contributed by atoms with Gasteiger partial charge in [-0.15, -0.1) is 11.3 Å². The molecule has 66 valence electrons.